The Balaban J connectivity index is 1.89. The average Bonchev–Trinajstić information content (AvgIpc) is 2.70. The molecular formula is C22H22N2O4. The van der Waals surface area contributed by atoms with Crippen LogP contribution in [0.4, 0.5) is 4.79 Å². The van der Waals surface area contributed by atoms with Crippen LogP contribution in [0.15, 0.2) is 66.9 Å². The number of carboxylic acids is 1. The van der Waals surface area contributed by atoms with Gasteiger partial charge in [-0.15, -0.1) is 0 Å². The summed E-state index contributed by atoms with van der Waals surface area (Å²) in [6.07, 6.45) is 1.01. The van der Waals surface area contributed by atoms with Gasteiger partial charge in [0.25, 0.3) is 0 Å². The lowest BCUT2D eigenvalue weighted by Crippen LogP contribution is -2.43. The second-order valence-corrected chi connectivity index (χ2v) is 6.74. The number of ether oxygens (including phenoxy) is 1. The highest BCUT2D eigenvalue weighted by Crippen LogP contribution is 2.27. The molecule has 0 saturated carbocycles. The summed E-state index contributed by atoms with van der Waals surface area (Å²) in [5.41, 5.74) is 2.10. The lowest BCUT2D eigenvalue weighted by Gasteiger charge is -2.32. The average molecular weight is 378 g/mol. The molecule has 3 aromatic rings. The third-order valence-corrected chi connectivity index (χ3v) is 4.43. The second-order valence-electron chi connectivity index (χ2n) is 6.74. The van der Waals surface area contributed by atoms with Crippen molar-refractivity contribution >= 4 is 23.0 Å². The Morgan fingerprint density at radius 1 is 1.07 bits per heavy atom. The normalized spacial score (nSPS) is 12.0. The SMILES string of the molecule is CC(C)N(C(=O)OCc1ccccc1)C(C(=O)O)c1ccc2ncccc2c1. The number of hydrogen-bond acceptors (Lipinski definition) is 4. The highest BCUT2D eigenvalue weighted by atomic mass is 16.6. The Labute approximate surface area is 163 Å². The van der Waals surface area contributed by atoms with Gasteiger partial charge in [-0.3, -0.25) is 9.88 Å². The monoisotopic (exact) mass is 378 g/mol. The number of aliphatic carboxylic acids is 1. The molecule has 0 fully saturated rings. The molecule has 1 atom stereocenters. The number of fused-ring (bicyclic) bond motifs is 1. The standard InChI is InChI=1S/C22H22N2O4/c1-15(2)24(22(27)28-14-16-7-4-3-5-8-16)20(21(25)26)18-10-11-19-17(13-18)9-6-12-23-19/h3-13,15,20H,14H2,1-2H3,(H,25,26). The zero-order chi connectivity index (χ0) is 20.1. The number of rotatable bonds is 6. The lowest BCUT2D eigenvalue weighted by molar-refractivity contribution is -0.143. The van der Waals surface area contributed by atoms with Crippen molar-refractivity contribution in [2.24, 2.45) is 0 Å². The van der Waals surface area contributed by atoms with Crippen LogP contribution in [0.2, 0.25) is 0 Å². The largest absolute Gasteiger partial charge is 0.479 e. The number of nitrogens with zero attached hydrogens (tertiary/aromatic N) is 2. The van der Waals surface area contributed by atoms with E-state index in [1.165, 1.54) is 4.90 Å². The predicted molar refractivity (Wildman–Crippen MR) is 106 cm³/mol. The maximum atomic E-state index is 12.8. The number of carboxylic acid groups (broad SMARTS) is 1. The first-order chi connectivity index (χ1) is 13.5. The van der Waals surface area contributed by atoms with E-state index in [1.807, 2.05) is 36.4 Å². The van der Waals surface area contributed by atoms with Crippen LogP contribution in [-0.4, -0.2) is 33.1 Å². The summed E-state index contributed by atoms with van der Waals surface area (Å²) in [5.74, 6) is -1.12. The van der Waals surface area contributed by atoms with Crippen LogP contribution >= 0.6 is 0 Å². The molecule has 0 radical (unpaired) electrons. The fourth-order valence-electron chi connectivity index (χ4n) is 3.09. The van der Waals surface area contributed by atoms with E-state index in [9.17, 15) is 14.7 Å². The summed E-state index contributed by atoms with van der Waals surface area (Å²) in [4.78, 5) is 30.4. The predicted octanol–water partition coefficient (Wildman–Crippen LogP) is 4.41. The Morgan fingerprint density at radius 2 is 1.82 bits per heavy atom. The maximum Gasteiger partial charge on any atom is 0.411 e. The molecular weight excluding hydrogens is 356 g/mol. The van der Waals surface area contributed by atoms with Crippen molar-refractivity contribution in [3.8, 4) is 0 Å². The van der Waals surface area contributed by atoms with E-state index in [1.54, 1.807) is 44.3 Å². The second kappa shape index (κ2) is 8.52. The van der Waals surface area contributed by atoms with Crippen LogP contribution < -0.4 is 0 Å². The first-order valence-corrected chi connectivity index (χ1v) is 9.04. The molecule has 0 saturated heterocycles. The van der Waals surface area contributed by atoms with Gasteiger partial charge >= 0.3 is 12.1 Å². The molecule has 0 aliphatic carbocycles. The van der Waals surface area contributed by atoms with Crippen LogP contribution in [0.1, 0.15) is 31.0 Å². The van der Waals surface area contributed by atoms with Gasteiger partial charge in [0.15, 0.2) is 6.04 Å². The van der Waals surface area contributed by atoms with Crippen molar-refractivity contribution in [1.82, 2.24) is 9.88 Å². The Hall–Kier alpha value is -3.41. The molecule has 0 bridgehead atoms. The summed E-state index contributed by atoms with van der Waals surface area (Å²) in [6.45, 7) is 3.61. The quantitative estimate of drug-likeness (QED) is 0.687. The molecule has 2 aromatic carbocycles. The molecule has 1 aromatic heterocycles. The zero-order valence-corrected chi connectivity index (χ0v) is 15.8. The Bertz CT molecular complexity index is 972. The molecule has 6 nitrogen and oxygen atoms in total. The topological polar surface area (TPSA) is 79.7 Å². The summed E-state index contributed by atoms with van der Waals surface area (Å²) in [5, 5.41) is 10.7. The van der Waals surface area contributed by atoms with Crippen molar-refractivity contribution in [1.29, 1.82) is 0 Å². The molecule has 1 N–H and O–H groups in total. The lowest BCUT2D eigenvalue weighted by atomic mass is 10.0. The van der Waals surface area contributed by atoms with Crippen molar-refractivity contribution in [2.45, 2.75) is 32.5 Å². The van der Waals surface area contributed by atoms with E-state index < -0.39 is 18.1 Å². The number of benzene rings is 2. The summed E-state index contributed by atoms with van der Waals surface area (Å²) < 4.78 is 5.40. The van der Waals surface area contributed by atoms with E-state index in [0.29, 0.717) is 5.56 Å². The smallest absolute Gasteiger partial charge is 0.411 e. The van der Waals surface area contributed by atoms with E-state index in [-0.39, 0.29) is 12.6 Å². The molecule has 1 amide bonds. The summed E-state index contributed by atoms with van der Waals surface area (Å²) >= 11 is 0. The van der Waals surface area contributed by atoms with Gasteiger partial charge in [-0.2, -0.15) is 0 Å². The molecule has 0 aliphatic heterocycles. The first kappa shape index (κ1) is 19.4. The minimum Gasteiger partial charge on any atom is -0.479 e. The maximum absolute atomic E-state index is 12.8. The van der Waals surface area contributed by atoms with Crippen LogP contribution in [0.5, 0.6) is 0 Å². The molecule has 28 heavy (non-hydrogen) atoms. The molecule has 0 spiro atoms. The Morgan fingerprint density at radius 3 is 2.50 bits per heavy atom. The number of hydrogen-bond donors (Lipinski definition) is 1. The third-order valence-electron chi connectivity index (χ3n) is 4.43. The van der Waals surface area contributed by atoms with E-state index in [2.05, 4.69) is 4.98 Å². The fourth-order valence-corrected chi connectivity index (χ4v) is 3.09. The van der Waals surface area contributed by atoms with Crippen molar-refractivity contribution in [3.63, 3.8) is 0 Å². The van der Waals surface area contributed by atoms with Crippen LogP contribution in [0, 0.1) is 0 Å². The first-order valence-electron chi connectivity index (χ1n) is 9.04. The van der Waals surface area contributed by atoms with Gasteiger partial charge in [0.2, 0.25) is 0 Å². The fraction of sp³-hybridized carbons (Fsp3) is 0.227. The minimum absolute atomic E-state index is 0.0802. The van der Waals surface area contributed by atoms with Crippen molar-refractivity contribution < 1.29 is 19.4 Å². The number of pyridine rings is 1. The van der Waals surface area contributed by atoms with Crippen LogP contribution in [-0.2, 0) is 16.1 Å². The van der Waals surface area contributed by atoms with Crippen LogP contribution in [0.25, 0.3) is 10.9 Å². The van der Waals surface area contributed by atoms with Gasteiger partial charge in [0.05, 0.1) is 5.52 Å². The summed E-state index contributed by atoms with van der Waals surface area (Å²) in [7, 11) is 0. The number of carbonyl (C=O) groups is 2. The van der Waals surface area contributed by atoms with E-state index in [4.69, 9.17) is 4.74 Å². The van der Waals surface area contributed by atoms with Gasteiger partial charge in [-0.1, -0.05) is 42.5 Å². The zero-order valence-electron chi connectivity index (χ0n) is 15.8. The van der Waals surface area contributed by atoms with Gasteiger partial charge in [0, 0.05) is 17.6 Å². The summed E-state index contributed by atoms with van der Waals surface area (Å²) in [6, 6.07) is 16.6. The molecule has 1 unspecified atom stereocenters. The minimum atomic E-state index is -1.16. The van der Waals surface area contributed by atoms with Gasteiger partial charge in [-0.05, 0) is 43.2 Å². The Kier molecular flexibility index (Phi) is 5.89. The van der Waals surface area contributed by atoms with Gasteiger partial charge in [0.1, 0.15) is 6.61 Å². The molecule has 1 heterocycles. The molecule has 3 rings (SSSR count). The molecule has 0 aliphatic rings. The van der Waals surface area contributed by atoms with Gasteiger partial charge in [-0.25, -0.2) is 9.59 Å². The number of carbonyl (C=O) groups excluding carboxylic acids is 1. The van der Waals surface area contributed by atoms with Crippen LogP contribution in [0.3, 0.4) is 0 Å². The number of amides is 1. The molecule has 144 valence electrons. The number of aromatic nitrogens is 1. The van der Waals surface area contributed by atoms with E-state index in [0.717, 1.165) is 16.5 Å². The van der Waals surface area contributed by atoms with Crippen molar-refractivity contribution in [2.75, 3.05) is 0 Å². The highest BCUT2D eigenvalue weighted by molar-refractivity contribution is 5.85. The third kappa shape index (κ3) is 4.28. The van der Waals surface area contributed by atoms with Gasteiger partial charge < -0.3 is 9.84 Å². The van der Waals surface area contributed by atoms with Crippen molar-refractivity contribution in [3.05, 3.63) is 78.0 Å². The van der Waals surface area contributed by atoms with E-state index >= 15 is 0 Å². The highest BCUT2D eigenvalue weighted by Gasteiger charge is 2.34. The molecule has 6 heteroatoms.